The Hall–Kier alpha value is -3.22. The highest BCUT2D eigenvalue weighted by molar-refractivity contribution is 5.90. The molecule has 0 aliphatic carbocycles. The van der Waals surface area contributed by atoms with Crippen molar-refractivity contribution in [1.82, 2.24) is 19.7 Å². The molecule has 0 bridgehead atoms. The maximum atomic E-state index is 12.3. The number of aromatic nitrogens is 4. The molecule has 2 aromatic heterocycles. The van der Waals surface area contributed by atoms with Crippen LogP contribution in [0.25, 0.3) is 5.95 Å². The van der Waals surface area contributed by atoms with Crippen molar-refractivity contribution in [2.75, 3.05) is 5.32 Å². The fourth-order valence-corrected chi connectivity index (χ4v) is 2.83. The van der Waals surface area contributed by atoms with Crippen molar-refractivity contribution in [2.45, 2.75) is 39.5 Å². The van der Waals surface area contributed by atoms with Gasteiger partial charge in [0.2, 0.25) is 11.9 Å². The Bertz CT molecular complexity index is 976. The molecule has 3 rings (SSSR count). The van der Waals surface area contributed by atoms with Crippen LogP contribution in [0.1, 0.15) is 36.7 Å². The summed E-state index contributed by atoms with van der Waals surface area (Å²) in [6, 6.07) is 13.3. The molecule has 27 heavy (non-hydrogen) atoms. The first-order valence-corrected chi connectivity index (χ1v) is 9.06. The van der Waals surface area contributed by atoms with Gasteiger partial charge in [0.05, 0.1) is 5.69 Å². The summed E-state index contributed by atoms with van der Waals surface area (Å²) in [6.07, 6.45) is 2.64. The molecule has 0 spiro atoms. The van der Waals surface area contributed by atoms with Crippen LogP contribution in [0.15, 0.2) is 47.3 Å². The van der Waals surface area contributed by atoms with E-state index in [1.165, 1.54) is 16.3 Å². The van der Waals surface area contributed by atoms with Gasteiger partial charge < -0.3 is 5.32 Å². The van der Waals surface area contributed by atoms with Gasteiger partial charge >= 0.3 is 0 Å². The van der Waals surface area contributed by atoms with E-state index in [-0.39, 0.29) is 11.5 Å². The zero-order chi connectivity index (χ0) is 19.2. The van der Waals surface area contributed by atoms with E-state index < -0.39 is 0 Å². The lowest BCUT2D eigenvalue weighted by Crippen LogP contribution is -2.19. The second-order valence-corrected chi connectivity index (χ2v) is 6.38. The summed E-state index contributed by atoms with van der Waals surface area (Å²) in [5.74, 6) is 0.696. The Balaban J connectivity index is 1.69. The molecule has 0 fully saturated rings. The summed E-state index contributed by atoms with van der Waals surface area (Å²) in [5.41, 5.74) is 2.36. The summed E-state index contributed by atoms with van der Waals surface area (Å²) in [5, 5.41) is 7.22. The van der Waals surface area contributed by atoms with Crippen molar-refractivity contribution < 1.29 is 4.79 Å². The van der Waals surface area contributed by atoms with Gasteiger partial charge in [-0.3, -0.25) is 14.6 Å². The van der Waals surface area contributed by atoms with E-state index >= 15 is 0 Å². The van der Waals surface area contributed by atoms with Crippen LogP contribution in [-0.2, 0) is 17.6 Å². The Morgan fingerprint density at radius 2 is 2.00 bits per heavy atom. The van der Waals surface area contributed by atoms with Crippen molar-refractivity contribution in [1.29, 1.82) is 0 Å². The van der Waals surface area contributed by atoms with Crippen molar-refractivity contribution in [3.05, 3.63) is 69.8 Å². The number of aromatic amines is 1. The van der Waals surface area contributed by atoms with Crippen molar-refractivity contribution in [2.24, 2.45) is 0 Å². The highest BCUT2D eigenvalue weighted by atomic mass is 16.1. The third kappa shape index (κ3) is 4.91. The number of nitrogens with one attached hydrogen (secondary N) is 2. The number of anilines is 1. The molecule has 140 valence electrons. The summed E-state index contributed by atoms with van der Waals surface area (Å²) < 4.78 is 1.46. The first kappa shape index (κ1) is 18.6. The number of rotatable bonds is 7. The molecule has 0 saturated heterocycles. The van der Waals surface area contributed by atoms with Gasteiger partial charge in [-0.2, -0.15) is 9.78 Å². The number of carbonyl (C=O) groups excluding carboxylic acids is 1. The average Bonchev–Trinajstić information content (AvgIpc) is 3.02. The average molecular weight is 365 g/mol. The molecule has 2 N–H and O–H groups in total. The van der Waals surface area contributed by atoms with Crippen LogP contribution in [0.5, 0.6) is 0 Å². The van der Waals surface area contributed by atoms with Crippen LogP contribution >= 0.6 is 0 Å². The zero-order valence-corrected chi connectivity index (χ0v) is 15.5. The van der Waals surface area contributed by atoms with Crippen LogP contribution < -0.4 is 10.9 Å². The predicted molar refractivity (Wildman–Crippen MR) is 104 cm³/mol. The van der Waals surface area contributed by atoms with Gasteiger partial charge in [-0.25, -0.2) is 4.98 Å². The van der Waals surface area contributed by atoms with Crippen molar-refractivity contribution in [3.8, 4) is 5.95 Å². The van der Waals surface area contributed by atoms with Gasteiger partial charge in [0, 0.05) is 24.2 Å². The van der Waals surface area contributed by atoms with Gasteiger partial charge in [0.1, 0.15) is 5.82 Å². The SMILES string of the molecule is CCc1cc(=O)[nH]c(-n2nc(C)cc2NC(=O)CCCc2ccccc2)n1. The number of amides is 1. The molecule has 0 aliphatic rings. The fourth-order valence-electron chi connectivity index (χ4n) is 2.83. The Labute approximate surface area is 157 Å². The second kappa shape index (κ2) is 8.44. The molecule has 1 amide bonds. The minimum atomic E-state index is -0.245. The first-order valence-electron chi connectivity index (χ1n) is 9.06. The van der Waals surface area contributed by atoms with Gasteiger partial charge in [0.15, 0.2) is 0 Å². The smallest absolute Gasteiger partial charge is 0.252 e. The van der Waals surface area contributed by atoms with E-state index in [1.54, 1.807) is 6.07 Å². The highest BCUT2D eigenvalue weighted by Crippen LogP contribution is 2.15. The second-order valence-electron chi connectivity index (χ2n) is 6.38. The molecule has 0 saturated carbocycles. The van der Waals surface area contributed by atoms with Gasteiger partial charge in [0.25, 0.3) is 5.56 Å². The molecule has 3 aromatic rings. The van der Waals surface area contributed by atoms with E-state index in [0.717, 1.165) is 18.5 Å². The van der Waals surface area contributed by atoms with E-state index in [4.69, 9.17) is 0 Å². The van der Waals surface area contributed by atoms with Crippen LogP contribution in [-0.4, -0.2) is 25.7 Å². The van der Waals surface area contributed by atoms with Crippen molar-refractivity contribution >= 4 is 11.7 Å². The van der Waals surface area contributed by atoms with Crippen LogP contribution in [0, 0.1) is 6.92 Å². The fraction of sp³-hybridized carbons (Fsp3) is 0.300. The van der Waals surface area contributed by atoms with Crippen LogP contribution in [0.2, 0.25) is 0 Å². The largest absolute Gasteiger partial charge is 0.310 e. The monoisotopic (exact) mass is 365 g/mol. The standard InChI is InChI=1S/C20H23N5O2/c1-3-16-13-19(27)23-20(21-16)25-17(12-14(2)24-25)22-18(26)11-7-10-15-8-5-4-6-9-15/h4-6,8-9,12-13H,3,7,10-11H2,1-2H3,(H,22,26)(H,21,23,27). The topological polar surface area (TPSA) is 92.7 Å². The van der Waals surface area contributed by atoms with Gasteiger partial charge in [-0.05, 0) is 31.7 Å². The minimum Gasteiger partial charge on any atom is -0.310 e. The van der Waals surface area contributed by atoms with E-state index in [1.807, 2.05) is 32.0 Å². The number of hydrogen-bond acceptors (Lipinski definition) is 4. The number of hydrogen-bond donors (Lipinski definition) is 2. The maximum Gasteiger partial charge on any atom is 0.252 e. The Morgan fingerprint density at radius 3 is 2.74 bits per heavy atom. The molecule has 0 aliphatic heterocycles. The first-order chi connectivity index (χ1) is 13.0. The number of carbonyl (C=O) groups is 1. The lowest BCUT2D eigenvalue weighted by Gasteiger charge is -2.09. The Kier molecular flexibility index (Phi) is 5.80. The molecule has 2 heterocycles. The lowest BCUT2D eigenvalue weighted by atomic mass is 10.1. The quantitative estimate of drug-likeness (QED) is 0.673. The third-order valence-electron chi connectivity index (χ3n) is 4.16. The molecule has 0 atom stereocenters. The molecule has 0 radical (unpaired) electrons. The molecule has 0 unspecified atom stereocenters. The van der Waals surface area contributed by atoms with Gasteiger partial charge in [-0.15, -0.1) is 0 Å². The van der Waals surface area contributed by atoms with Crippen molar-refractivity contribution in [3.63, 3.8) is 0 Å². The molecule has 7 nitrogen and oxygen atoms in total. The summed E-state index contributed by atoms with van der Waals surface area (Å²) in [4.78, 5) is 31.2. The van der Waals surface area contributed by atoms with E-state index in [9.17, 15) is 9.59 Å². The molecule has 7 heteroatoms. The van der Waals surface area contributed by atoms with E-state index in [2.05, 4.69) is 32.5 Å². The summed E-state index contributed by atoms with van der Waals surface area (Å²) >= 11 is 0. The number of nitrogens with zero attached hydrogens (tertiary/aromatic N) is 3. The number of H-pyrrole nitrogens is 1. The predicted octanol–water partition coefficient (Wildman–Crippen LogP) is 2.79. The third-order valence-corrected chi connectivity index (χ3v) is 4.16. The number of aryl methyl sites for hydroxylation is 3. The molecular weight excluding hydrogens is 342 g/mol. The van der Waals surface area contributed by atoms with E-state index in [0.29, 0.717) is 30.3 Å². The highest BCUT2D eigenvalue weighted by Gasteiger charge is 2.13. The zero-order valence-electron chi connectivity index (χ0n) is 15.5. The summed E-state index contributed by atoms with van der Waals surface area (Å²) in [7, 11) is 0. The molecular formula is C20H23N5O2. The van der Waals surface area contributed by atoms with Gasteiger partial charge in [-0.1, -0.05) is 37.3 Å². The summed E-state index contributed by atoms with van der Waals surface area (Å²) in [6.45, 7) is 3.75. The van der Waals surface area contributed by atoms with Crippen LogP contribution in [0.4, 0.5) is 5.82 Å². The Morgan fingerprint density at radius 1 is 1.22 bits per heavy atom. The molecule has 1 aromatic carbocycles. The normalized spacial score (nSPS) is 10.7. The lowest BCUT2D eigenvalue weighted by molar-refractivity contribution is -0.116. The minimum absolute atomic E-state index is 0.0962. The van der Waals surface area contributed by atoms with Crippen LogP contribution in [0.3, 0.4) is 0 Å². The maximum absolute atomic E-state index is 12.3. The number of benzene rings is 1.